The van der Waals surface area contributed by atoms with Crippen LogP contribution in [-0.2, 0) is 13.1 Å². The minimum Gasteiger partial charge on any atom is -0.309 e. The number of H-pyrrole nitrogens is 2. The zero-order valence-electron chi connectivity index (χ0n) is 16.4. The average molecular weight is 689 g/mol. The molecule has 2 aromatic carbocycles. The number of aromatic nitrogens is 4. The highest BCUT2D eigenvalue weighted by Gasteiger charge is 2.15. The third-order valence-corrected chi connectivity index (χ3v) is 6.81. The Hall–Kier alpha value is -1.66. The number of nitrogens with zero attached hydrogens (tertiary/aromatic N) is 3. The first kappa shape index (κ1) is 23.5. The van der Waals surface area contributed by atoms with Crippen LogP contribution in [0.4, 0.5) is 0 Å². The Labute approximate surface area is 215 Å². The molecular weight excluding hydrogens is 674 g/mol. The topological polar surface area (TPSA) is 94.7 Å². The zero-order chi connectivity index (χ0) is 23.0. The molecule has 4 aromatic rings. The molecule has 0 amide bonds. The monoisotopic (exact) mass is 685 g/mol. The van der Waals surface area contributed by atoms with Crippen LogP contribution in [0.3, 0.4) is 0 Å². The minimum absolute atomic E-state index is 0.225. The van der Waals surface area contributed by atoms with Crippen LogP contribution in [0.5, 0.6) is 0 Å². The van der Waals surface area contributed by atoms with Crippen LogP contribution in [0.15, 0.2) is 64.4 Å². The smallest absolute Gasteiger partial charge is 0.258 e. The molecule has 164 valence electrons. The van der Waals surface area contributed by atoms with Gasteiger partial charge in [-0.1, -0.05) is 37.9 Å². The largest absolute Gasteiger partial charge is 0.309 e. The Morgan fingerprint density at radius 2 is 1.25 bits per heavy atom. The fraction of sp³-hybridized carbons (Fsp3) is 0.143. The molecule has 0 saturated heterocycles. The Bertz CT molecular complexity index is 1370. The Kier molecular flexibility index (Phi) is 7.11. The van der Waals surface area contributed by atoms with E-state index in [0.29, 0.717) is 53.1 Å². The molecule has 0 atom stereocenters. The minimum atomic E-state index is -0.225. The lowest BCUT2D eigenvalue weighted by molar-refractivity contribution is 0.272. The van der Waals surface area contributed by atoms with Crippen molar-refractivity contribution in [2.24, 2.45) is 0 Å². The van der Waals surface area contributed by atoms with Gasteiger partial charge in [0.15, 0.2) is 0 Å². The lowest BCUT2D eigenvalue weighted by Gasteiger charge is -2.20. The Balaban J connectivity index is 1.69. The summed E-state index contributed by atoms with van der Waals surface area (Å²) < 4.78 is 3.02. The van der Waals surface area contributed by atoms with E-state index in [4.69, 9.17) is 0 Å². The first-order chi connectivity index (χ1) is 15.2. The van der Waals surface area contributed by atoms with Crippen LogP contribution in [0.2, 0.25) is 0 Å². The molecule has 0 radical (unpaired) electrons. The number of aromatic amines is 2. The van der Waals surface area contributed by atoms with E-state index >= 15 is 0 Å². The van der Waals surface area contributed by atoms with Crippen molar-refractivity contribution in [2.45, 2.75) is 13.1 Å². The zero-order valence-corrected chi connectivity index (χ0v) is 22.7. The molecule has 4 rings (SSSR count). The van der Waals surface area contributed by atoms with Gasteiger partial charge in [-0.15, -0.1) is 6.58 Å². The summed E-state index contributed by atoms with van der Waals surface area (Å²) in [5, 5.41) is 0.976. The van der Waals surface area contributed by atoms with E-state index in [2.05, 4.69) is 90.2 Å². The normalized spacial score (nSPS) is 11.5. The van der Waals surface area contributed by atoms with Crippen molar-refractivity contribution in [3.8, 4) is 0 Å². The molecule has 2 aromatic heterocycles. The molecule has 0 bridgehead atoms. The van der Waals surface area contributed by atoms with Crippen molar-refractivity contribution in [3.63, 3.8) is 0 Å². The molecule has 0 aliphatic carbocycles. The molecule has 11 heteroatoms. The molecule has 0 aliphatic heterocycles. The van der Waals surface area contributed by atoms with Crippen LogP contribution >= 0.6 is 63.7 Å². The maximum atomic E-state index is 12.6. The molecule has 0 aliphatic rings. The third kappa shape index (κ3) is 4.96. The highest BCUT2D eigenvalue weighted by atomic mass is 79.9. The van der Waals surface area contributed by atoms with Crippen LogP contribution in [-0.4, -0.2) is 31.4 Å². The molecule has 0 unspecified atom stereocenters. The first-order valence-electron chi connectivity index (χ1n) is 9.34. The van der Waals surface area contributed by atoms with Gasteiger partial charge in [0, 0.05) is 24.4 Å². The van der Waals surface area contributed by atoms with Gasteiger partial charge in [-0.2, -0.15) is 0 Å². The molecule has 32 heavy (non-hydrogen) atoms. The standard InChI is InChI=1S/C21H15Br4N5O2/c1-2-3-30(8-16-26-18-12(20(31)28-16)4-10(22)6-14(18)24)9-17-27-19-13(21(32)29-17)5-11(23)7-15(19)25/h2,4-7H,1,3,8-9H2,(H,26,28,31)(H,27,29,32). The molecule has 2 N–H and O–H groups in total. The predicted octanol–water partition coefficient (Wildman–Crippen LogP) is 5.40. The van der Waals surface area contributed by atoms with Gasteiger partial charge in [0.25, 0.3) is 11.1 Å². The van der Waals surface area contributed by atoms with Crippen LogP contribution in [0.1, 0.15) is 11.6 Å². The fourth-order valence-electron chi connectivity index (χ4n) is 3.37. The summed E-state index contributed by atoms with van der Waals surface area (Å²) in [6.45, 7) is 4.99. The summed E-state index contributed by atoms with van der Waals surface area (Å²) in [5.74, 6) is 1.00. The maximum Gasteiger partial charge on any atom is 0.258 e. The lowest BCUT2D eigenvalue weighted by atomic mass is 10.2. The van der Waals surface area contributed by atoms with Gasteiger partial charge in [-0.3, -0.25) is 14.5 Å². The van der Waals surface area contributed by atoms with Crippen molar-refractivity contribution >= 4 is 85.5 Å². The van der Waals surface area contributed by atoms with E-state index in [1.807, 2.05) is 17.0 Å². The molecule has 0 saturated carbocycles. The maximum absolute atomic E-state index is 12.6. The van der Waals surface area contributed by atoms with E-state index < -0.39 is 0 Å². The number of halogens is 4. The Morgan fingerprint density at radius 3 is 1.66 bits per heavy atom. The van der Waals surface area contributed by atoms with Gasteiger partial charge in [0.1, 0.15) is 11.6 Å². The average Bonchev–Trinajstić information content (AvgIpc) is 2.70. The summed E-state index contributed by atoms with van der Waals surface area (Å²) in [5.41, 5.74) is 0.712. The fourth-order valence-corrected chi connectivity index (χ4v) is 6.00. The number of rotatable bonds is 6. The number of fused-ring (bicyclic) bond motifs is 2. The van der Waals surface area contributed by atoms with Gasteiger partial charge >= 0.3 is 0 Å². The summed E-state index contributed by atoms with van der Waals surface area (Å²) >= 11 is 13.7. The lowest BCUT2D eigenvalue weighted by Crippen LogP contribution is -2.28. The van der Waals surface area contributed by atoms with Crippen LogP contribution < -0.4 is 11.1 Å². The Morgan fingerprint density at radius 1 is 0.812 bits per heavy atom. The summed E-state index contributed by atoms with van der Waals surface area (Å²) in [4.78, 5) is 42.1. The van der Waals surface area contributed by atoms with Gasteiger partial charge < -0.3 is 9.97 Å². The van der Waals surface area contributed by atoms with E-state index in [-0.39, 0.29) is 11.1 Å². The summed E-state index contributed by atoms with van der Waals surface area (Å²) in [6.07, 6.45) is 1.75. The summed E-state index contributed by atoms with van der Waals surface area (Å²) in [7, 11) is 0. The SMILES string of the molecule is C=CCN(Cc1nc2c(Br)cc(Br)cc2c(=O)[nH]1)Cc1nc2c(Br)cc(Br)cc2c(=O)[nH]1. The number of hydrogen-bond acceptors (Lipinski definition) is 5. The van der Waals surface area contributed by atoms with E-state index in [9.17, 15) is 9.59 Å². The van der Waals surface area contributed by atoms with Gasteiger partial charge in [-0.25, -0.2) is 9.97 Å². The van der Waals surface area contributed by atoms with Crippen LogP contribution in [0.25, 0.3) is 21.8 Å². The number of nitrogens with one attached hydrogen (secondary N) is 2. The second kappa shape index (κ2) is 9.68. The van der Waals surface area contributed by atoms with Gasteiger partial charge in [-0.05, 0) is 56.1 Å². The highest BCUT2D eigenvalue weighted by molar-refractivity contribution is 9.11. The molecule has 7 nitrogen and oxygen atoms in total. The number of hydrogen-bond donors (Lipinski definition) is 2. The second-order valence-electron chi connectivity index (χ2n) is 7.05. The predicted molar refractivity (Wildman–Crippen MR) is 140 cm³/mol. The van der Waals surface area contributed by atoms with Crippen molar-refractivity contribution < 1.29 is 0 Å². The summed E-state index contributed by atoms with van der Waals surface area (Å²) in [6, 6.07) is 7.16. The van der Waals surface area contributed by atoms with Crippen LogP contribution in [0, 0.1) is 0 Å². The van der Waals surface area contributed by atoms with E-state index in [1.54, 1.807) is 18.2 Å². The van der Waals surface area contributed by atoms with E-state index in [0.717, 1.165) is 17.9 Å². The van der Waals surface area contributed by atoms with Crippen molar-refractivity contribution in [2.75, 3.05) is 6.54 Å². The highest BCUT2D eigenvalue weighted by Crippen LogP contribution is 2.26. The number of benzene rings is 2. The van der Waals surface area contributed by atoms with Crippen molar-refractivity contribution in [1.82, 2.24) is 24.8 Å². The molecule has 2 heterocycles. The first-order valence-corrected chi connectivity index (χ1v) is 12.5. The van der Waals surface area contributed by atoms with Gasteiger partial charge in [0.2, 0.25) is 0 Å². The van der Waals surface area contributed by atoms with Gasteiger partial charge in [0.05, 0.1) is 34.9 Å². The molecular formula is C21H15Br4N5O2. The molecule has 0 fully saturated rings. The molecule has 0 spiro atoms. The van der Waals surface area contributed by atoms with E-state index in [1.165, 1.54) is 0 Å². The quantitative estimate of drug-likeness (QED) is 0.265. The second-order valence-corrected chi connectivity index (χ2v) is 10.6. The van der Waals surface area contributed by atoms with Crippen molar-refractivity contribution in [3.05, 3.63) is 87.2 Å². The third-order valence-electron chi connectivity index (χ3n) is 4.69. The van der Waals surface area contributed by atoms with Crippen molar-refractivity contribution in [1.29, 1.82) is 0 Å².